The number of hydrogen-bond donors (Lipinski definition) is 1. The quantitative estimate of drug-likeness (QED) is 0.919. The highest BCUT2D eigenvalue weighted by Crippen LogP contribution is 2.54. The lowest BCUT2D eigenvalue weighted by molar-refractivity contribution is -0.117. The van der Waals surface area contributed by atoms with Gasteiger partial charge in [0.05, 0.1) is 0 Å². The van der Waals surface area contributed by atoms with Crippen LogP contribution < -0.4 is 10.2 Å². The first kappa shape index (κ1) is 14.2. The van der Waals surface area contributed by atoms with Crippen LogP contribution >= 0.6 is 0 Å². The van der Waals surface area contributed by atoms with Gasteiger partial charge in [-0.2, -0.15) is 0 Å². The predicted octanol–water partition coefficient (Wildman–Crippen LogP) is 2.79. The van der Waals surface area contributed by atoms with E-state index in [1.165, 1.54) is 12.8 Å². The van der Waals surface area contributed by atoms with Crippen LogP contribution in [0.2, 0.25) is 0 Å². The van der Waals surface area contributed by atoms with E-state index in [0.29, 0.717) is 17.8 Å². The van der Waals surface area contributed by atoms with Crippen molar-refractivity contribution >= 4 is 17.6 Å². The summed E-state index contributed by atoms with van der Waals surface area (Å²) in [4.78, 5) is 14.0. The van der Waals surface area contributed by atoms with Crippen LogP contribution in [-0.2, 0) is 4.79 Å². The van der Waals surface area contributed by atoms with Crippen LogP contribution in [0, 0.1) is 17.8 Å². The van der Waals surface area contributed by atoms with E-state index < -0.39 is 0 Å². The Morgan fingerprint density at radius 3 is 2.57 bits per heavy atom. The fraction of sp³-hybridized carbons (Fsp3) is 0.471. The maximum atomic E-state index is 12.2. The van der Waals surface area contributed by atoms with Crippen LogP contribution in [0.4, 0.5) is 11.7 Å². The standard InChI is InChI=1S/C17H20N4O2/c1-21(2)17-20-19-16(23-17)11-5-7-12(8-6-11)18-15(22)14-9-13(14)10-3-4-10/h5-8,10,13-14H,3-4,9H2,1-2H3,(H,18,22)/t13-,14+/m1/s1. The van der Waals surface area contributed by atoms with Crippen LogP contribution in [0.15, 0.2) is 28.7 Å². The van der Waals surface area contributed by atoms with Gasteiger partial charge in [-0.05, 0) is 55.4 Å². The van der Waals surface area contributed by atoms with Crippen molar-refractivity contribution in [2.75, 3.05) is 24.3 Å². The number of rotatable bonds is 5. The van der Waals surface area contributed by atoms with Gasteiger partial charge in [0.15, 0.2) is 0 Å². The maximum absolute atomic E-state index is 12.2. The van der Waals surface area contributed by atoms with Crippen molar-refractivity contribution in [3.05, 3.63) is 24.3 Å². The van der Waals surface area contributed by atoms with Gasteiger partial charge in [-0.15, -0.1) is 5.10 Å². The van der Waals surface area contributed by atoms with Crippen molar-refractivity contribution < 1.29 is 9.21 Å². The molecule has 0 radical (unpaired) electrons. The third kappa shape index (κ3) is 2.93. The lowest BCUT2D eigenvalue weighted by atomic mass is 10.2. The molecule has 6 heteroatoms. The van der Waals surface area contributed by atoms with Crippen LogP contribution in [0.5, 0.6) is 0 Å². The maximum Gasteiger partial charge on any atom is 0.317 e. The zero-order chi connectivity index (χ0) is 16.0. The fourth-order valence-corrected chi connectivity index (χ4v) is 3.01. The topological polar surface area (TPSA) is 71.3 Å². The third-order valence-electron chi connectivity index (χ3n) is 4.60. The molecule has 120 valence electrons. The van der Waals surface area contributed by atoms with Crippen LogP contribution in [-0.4, -0.2) is 30.2 Å². The molecule has 0 spiro atoms. The number of anilines is 2. The van der Waals surface area contributed by atoms with E-state index in [-0.39, 0.29) is 11.8 Å². The molecule has 0 bridgehead atoms. The second-order valence-corrected chi connectivity index (χ2v) is 6.69. The Hall–Kier alpha value is -2.37. The molecular weight excluding hydrogens is 292 g/mol. The summed E-state index contributed by atoms with van der Waals surface area (Å²) < 4.78 is 5.56. The SMILES string of the molecule is CN(C)c1nnc(-c2ccc(NC(=O)[C@H]3C[C@@H]3C3CC3)cc2)o1. The fourth-order valence-electron chi connectivity index (χ4n) is 3.01. The monoisotopic (exact) mass is 312 g/mol. The molecule has 6 nitrogen and oxygen atoms in total. The summed E-state index contributed by atoms with van der Waals surface area (Å²) in [6, 6.07) is 7.99. The van der Waals surface area contributed by atoms with Gasteiger partial charge in [-0.3, -0.25) is 4.79 Å². The van der Waals surface area contributed by atoms with Gasteiger partial charge in [0, 0.05) is 31.3 Å². The number of hydrogen-bond acceptors (Lipinski definition) is 5. The number of amides is 1. The zero-order valence-electron chi connectivity index (χ0n) is 13.3. The molecule has 0 unspecified atom stereocenters. The van der Waals surface area contributed by atoms with Crippen LogP contribution in [0.3, 0.4) is 0 Å². The van der Waals surface area contributed by atoms with Gasteiger partial charge >= 0.3 is 6.01 Å². The minimum atomic E-state index is 0.155. The number of benzene rings is 1. The van der Waals surface area contributed by atoms with Gasteiger partial charge in [-0.1, -0.05) is 5.10 Å². The Labute approximate surface area is 134 Å². The molecule has 2 aliphatic carbocycles. The molecule has 2 saturated carbocycles. The second kappa shape index (κ2) is 5.37. The summed E-state index contributed by atoms with van der Waals surface area (Å²) in [6.45, 7) is 0. The molecule has 1 amide bonds. The Balaban J connectivity index is 1.40. The van der Waals surface area contributed by atoms with Gasteiger partial charge in [0.2, 0.25) is 11.8 Å². The second-order valence-electron chi connectivity index (χ2n) is 6.69. The highest BCUT2D eigenvalue weighted by Gasteiger charge is 2.51. The summed E-state index contributed by atoms with van der Waals surface area (Å²) in [7, 11) is 3.70. The highest BCUT2D eigenvalue weighted by molar-refractivity contribution is 5.94. The molecule has 0 saturated heterocycles. The van der Waals surface area contributed by atoms with E-state index in [2.05, 4.69) is 15.5 Å². The summed E-state index contributed by atoms with van der Waals surface area (Å²) in [5, 5.41) is 11.0. The van der Waals surface area contributed by atoms with Gasteiger partial charge in [-0.25, -0.2) is 0 Å². The van der Waals surface area contributed by atoms with Crippen LogP contribution in [0.25, 0.3) is 11.5 Å². The van der Waals surface area contributed by atoms with E-state index in [4.69, 9.17) is 4.42 Å². The van der Waals surface area contributed by atoms with E-state index in [1.54, 1.807) is 4.90 Å². The molecule has 1 aromatic carbocycles. The van der Waals surface area contributed by atoms with Crippen molar-refractivity contribution in [1.29, 1.82) is 0 Å². The Kier molecular flexibility index (Phi) is 3.32. The molecule has 1 heterocycles. The van der Waals surface area contributed by atoms with E-state index >= 15 is 0 Å². The lowest BCUT2D eigenvalue weighted by Gasteiger charge is -2.05. The van der Waals surface area contributed by atoms with E-state index in [9.17, 15) is 4.79 Å². The first-order valence-electron chi connectivity index (χ1n) is 8.04. The van der Waals surface area contributed by atoms with Crippen LogP contribution in [0.1, 0.15) is 19.3 Å². The van der Waals surface area contributed by atoms with Crippen molar-refractivity contribution in [1.82, 2.24) is 10.2 Å². The molecule has 2 aliphatic rings. The number of aromatic nitrogens is 2. The number of carbonyl (C=O) groups is 1. The minimum Gasteiger partial charge on any atom is -0.403 e. The largest absolute Gasteiger partial charge is 0.403 e. The van der Waals surface area contributed by atoms with Crippen molar-refractivity contribution in [3.8, 4) is 11.5 Å². The molecule has 2 atom stereocenters. The lowest BCUT2D eigenvalue weighted by Crippen LogP contribution is -2.15. The first-order chi connectivity index (χ1) is 11.1. The van der Waals surface area contributed by atoms with Gasteiger partial charge in [0.1, 0.15) is 0 Å². The summed E-state index contributed by atoms with van der Waals surface area (Å²) in [6.07, 6.45) is 3.68. The molecule has 2 fully saturated rings. The molecule has 2 aromatic rings. The smallest absolute Gasteiger partial charge is 0.317 e. The number of nitrogens with one attached hydrogen (secondary N) is 1. The molecule has 0 aliphatic heterocycles. The third-order valence-corrected chi connectivity index (χ3v) is 4.60. The molecule has 1 N–H and O–H groups in total. The van der Waals surface area contributed by atoms with E-state index in [0.717, 1.165) is 23.6 Å². The van der Waals surface area contributed by atoms with E-state index in [1.807, 2.05) is 38.4 Å². The normalized spacial score (nSPS) is 22.7. The molecule has 4 rings (SSSR count). The van der Waals surface area contributed by atoms with Gasteiger partial charge < -0.3 is 14.6 Å². The Bertz CT molecular complexity index is 718. The molecular formula is C17H20N4O2. The van der Waals surface area contributed by atoms with Crippen molar-refractivity contribution in [2.45, 2.75) is 19.3 Å². The average Bonchev–Trinajstić information content (AvgIpc) is 3.43. The number of nitrogens with zero attached hydrogens (tertiary/aromatic N) is 3. The first-order valence-corrected chi connectivity index (χ1v) is 8.04. The predicted molar refractivity (Wildman–Crippen MR) is 87.0 cm³/mol. The Morgan fingerprint density at radius 2 is 1.96 bits per heavy atom. The number of carbonyl (C=O) groups excluding carboxylic acids is 1. The summed E-state index contributed by atoms with van der Waals surface area (Å²) in [5.74, 6) is 2.30. The molecule has 23 heavy (non-hydrogen) atoms. The molecule has 1 aromatic heterocycles. The minimum absolute atomic E-state index is 0.155. The average molecular weight is 312 g/mol. The Morgan fingerprint density at radius 1 is 1.22 bits per heavy atom. The van der Waals surface area contributed by atoms with Gasteiger partial charge in [0.25, 0.3) is 0 Å². The zero-order valence-corrected chi connectivity index (χ0v) is 13.3. The summed E-state index contributed by atoms with van der Waals surface area (Å²) in [5.41, 5.74) is 1.65. The summed E-state index contributed by atoms with van der Waals surface area (Å²) >= 11 is 0. The highest BCUT2D eigenvalue weighted by atomic mass is 16.4. The van der Waals surface area contributed by atoms with Crippen molar-refractivity contribution in [3.63, 3.8) is 0 Å². The van der Waals surface area contributed by atoms with Crippen molar-refractivity contribution in [2.24, 2.45) is 17.8 Å².